The molecule has 92 valence electrons. The SMILES string of the molecule is C[NH+]1CCCN(C(=O)c2cccnc2Cl)CC1. The lowest BCUT2D eigenvalue weighted by molar-refractivity contribution is -0.877. The summed E-state index contributed by atoms with van der Waals surface area (Å²) in [6.45, 7) is 3.70. The smallest absolute Gasteiger partial charge is 0.257 e. The number of likely N-dealkylation sites (N-methyl/N-ethyl adjacent to an activating group) is 1. The summed E-state index contributed by atoms with van der Waals surface area (Å²) in [5.74, 6) is -0.00204. The van der Waals surface area contributed by atoms with Crippen LogP contribution in [0.3, 0.4) is 0 Å². The minimum Gasteiger partial charge on any atom is -0.336 e. The second kappa shape index (κ2) is 5.47. The predicted molar refractivity (Wildman–Crippen MR) is 66.4 cm³/mol. The topological polar surface area (TPSA) is 37.6 Å². The fraction of sp³-hybridized carbons (Fsp3) is 0.500. The Balaban J connectivity index is 2.12. The number of carbonyl (C=O) groups excluding carboxylic acids is 1. The van der Waals surface area contributed by atoms with Crippen LogP contribution in [0.2, 0.25) is 5.15 Å². The summed E-state index contributed by atoms with van der Waals surface area (Å²) < 4.78 is 0. The van der Waals surface area contributed by atoms with Crippen molar-refractivity contribution >= 4 is 17.5 Å². The molecule has 0 bridgehead atoms. The number of rotatable bonds is 1. The van der Waals surface area contributed by atoms with E-state index in [0.717, 1.165) is 32.6 Å². The first kappa shape index (κ1) is 12.3. The first-order chi connectivity index (χ1) is 8.18. The molecule has 1 atom stereocenters. The molecule has 1 fully saturated rings. The average Bonchev–Trinajstić information content (AvgIpc) is 2.54. The van der Waals surface area contributed by atoms with Crippen LogP contribution in [-0.2, 0) is 0 Å². The van der Waals surface area contributed by atoms with Gasteiger partial charge in [0.25, 0.3) is 5.91 Å². The van der Waals surface area contributed by atoms with E-state index in [4.69, 9.17) is 11.6 Å². The van der Waals surface area contributed by atoms with E-state index in [2.05, 4.69) is 12.0 Å². The van der Waals surface area contributed by atoms with E-state index in [1.165, 1.54) is 4.90 Å². The third-order valence-electron chi connectivity index (χ3n) is 3.12. The lowest BCUT2D eigenvalue weighted by Gasteiger charge is -2.19. The molecule has 2 rings (SSSR count). The molecule has 4 nitrogen and oxygen atoms in total. The van der Waals surface area contributed by atoms with Crippen molar-refractivity contribution in [2.24, 2.45) is 0 Å². The molecule has 1 saturated heterocycles. The molecule has 1 amide bonds. The van der Waals surface area contributed by atoms with Crippen molar-refractivity contribution in [3.05, 3.63) is 29.0 Å². The van der Waals surface area contributed by atoms with Crippen LogP contribution in [0.15, 0.2) is 18.3 Å². The molecular weight excluding hydrogens is 238 g/mol. The predicted octanol–water partition coefficient (Wildman–Crippen LogP) is 0.0956. The second-order valence-electron chi connectivity index (χ2n) is 4.44. The van der Waals surface area contributed by atoms with Gasteiger partial charge in [0.05, 0.1) is 32.2 Å². The highest BCUT2D eigenvalue weighted by Crippen LogP contribution is 2.14. The molecule has 5 heteroatoms. The van der Waals surface area contributed by atoms with Crippen LogP contribution in [0.4, 0.5) is 0 Å². The quantitative estimate of drug-likeness (QED) is 0.722. The number of pyridine rings is 1. The maximum Gasteiger partial charge on any atom is 0.257 e. The van der Waals surface area contributed by atoms with Gasteiger partial charge in [0, 0.05) is 19.2 Å². The Morgan fingerprint density at radius 1 is 1.47 bits per heavy atom. The second-order valence-corrected chi connectivity index (χ2v) is 4.80. The summed E-state index contributed by atoms with van der Waals surface area (Å²) in [6.07, 6.45) is 2.63. The van der Waals surface area contributed by atoms with Gasteiger partial charge in [-0.1, -0.05) is 11.6 Å². The Morgan fingerprint density at radius 3 is 3.06 bits per heavy atom. The molecule has 0 saturated carbocycles. The molecule has 0 radical (unpaired) electrons. The highest BCUT2D eigenvalue weighted by Gasteiger charge is 2.22. The van der Waals surface area contributed by atoms with Crippen LogP contribution in [0, 0.1) is 0 Å². The van der Waals surface area contributed by atoms with Crippen molar-refractivity contribution in [3.63, 3.8) is 0 Å². The van der Waals surface area contributed by atoms with Gasteiger partial charge in [-0.05, 0) is 12.1 Å². The van der Waals surface area contributed by atoms with Crippen LogP contribution in [-0.4, -0.2) is 49.0 Å². The first-order valence-corrected chi connectivity index (χ1v) is 6.27. The van der Waals surface area contributed by atoms with Crippen LogP contribution < -0.4 is 4.90 Å². The zero-order valence-electron chi connectivity index (χ0n) is 9.95. The minimum absolute atomic E-state index is 0.00204. The summed E-state index contributed by atoms with van der Waals surface area (Å²) >= 11 is 5.94. The van der Waals surface area contributed by atoms with E-state index in [1.54, 1.807) is 18.3 Å². The average molecular weight is 255 g/mol. The van der Waals surface area contributed by atoms with Crippen LogP contribution in [0.5, 0.6) is 0 Å². The van der Waals surface area contributed by atoms with Crippen LogP contribution >= 0.6 is 11.6 Å². The molecule has 1 aromatic rings. The largest absolute Gasteiger partial charge is 0.336 e. The van der Waals surface area contributed by atoms with Gasteiger partial charge in [-0.15, -0.1) is 0 Å². The Bertz CT molecular complexity index is 410. The Kier molecular flexibility index (Phi) is 3.97. The van der Waals surface area contributed by atoms with Gasteiger partial charge >= 0.3 is 0 Å². The number of nitrogens with one attached hydrogen (secondary N) is 1. The van der Waals surface area contributed by atoms with Crippen molar-refractivity contribution in [3.8, 4) is 0 Å². The first-order valence-electron chi connectivity index (χ1n) is 5.89. The van der Waals surface area contributed by atoms with Gasteiger partial charge in [-0.25, -0.2) is 4.98 Å². The minimum atomic E-state index is -0.00204. The zero-order chi connectivity index (χ0) is 12.3. The summed E-state index contributed by atoms with van der Waals surface area (Å²) in [7, 11) is 2.16. The van der Waals surface area contributed by atoms with E-state index in [1.807, 2.05) is 4.90 Å². The number of carbonyl (C=O) groups is 1. The Morgan fingerprint density at radius 2 is 2.29 bits per heavy atom. The normalized spacial score (nSPS) is 21.1. The number of hydrogen-bond acceptors (Lipinski definition) is 2. The Labute approximate surface area is 106 Å². The van der Waals surface area contributed by atoms with Crippen molar-refractivity contribution in [1.82, 2.24) is 9.88 Å². The van der Waals surface area contributed by atoms with Crippen LogP contribution in [0.25, 0.3) is 0 Å². The molecule has 1 aliphatic rings. The number of amides is 1. The highest BCUT2D eigenvalue weighted by molar-refractivity contribution is 6.32. The van der Waals surface area contributed by atoms with Gasteiger partial charge in [0.2, 0.25) is 0 Å². The lowest BCUT2D eigenvalue weighted by Crippen LogP contribution is -3.09. The van der Waals surface area contributed by atoms with E-state index >= 15 is 0 Å². The number of halogens is 1. The molecule has 17 heavy (non-hydrogen) atoms. The van der Waals surface area contributed by atoms with Crippen molar-refractivity contribution < 1.29 is 9.69 Å². The third kappa shape index (κ3) is 2.96. The molecule has 1 unspecified atom stereocenters. The van der Waals surface area contributed by atoms with Crippen LogP contribution in [0.1, 0.15) is 16.8 Å². The molecule has 0 aliphatic carbocycles. The Hall–Kier alpha value is -1.13. The van der Waals surface area contributed by atoms with Gasteiger partial charge in [0.15, 0.2) is 0 Å². The lowest BCUT2D eigenvalue weighted by atomic mass is 10.2. The van der Waals surface area contributed by atoms with E-state index < -0.39 is 0 Å². The van der Waals surface area contributed by atoms with Gasteiger partial charge in [0.1, 0.15) is 5.15 Å². The van der Waals surface area contributed by atoms with Gasteiger partial charge in [-0.3, -0.25) is 4.79 Å². The van der Waals surface area contributed by atoms with E-state index in [0.29, 0.717) is 10.7 Å². The number of aromatic nitrogens is 1. The molecule has 2 heterocycles. The number of hydrogen-bond donors (Lipinski definition) is 1. The highest BCUT2D eigenvalue weighted by atomic mass is 35.5. The molecule has 0 spiro atoms. The third-order valence-corrected chi connectivity index (χ3v) is 3.42. The summed E-state index contributed by atoms with van der Waals surface area (Å²) in [4.78, 5) is 19.6. The van der Waals surface area contributed by atoms with Gasteiger partial charge in [-0.2, -0.15) is 0 Å². The summed E-state index contributed by atoms with van der Waals surface area (Å²) in [6, 6.07) is 3.48. The van der Waals surface area contributed by atoms with Crippen molar-refractivity contribution in [2.75, 3.05) is 33.2 Å². The van der Waals surface area contributed by atoms with Gasteiger partial charge < -0.3 is 9.80 Å². The fourth-order valence-corrected chi connectivity index (χ4v) is 2.25. The fourth-order valence-electron chi connectivity index (χ4n) is 2.05. The zero-order valence-corrected chi connectivity index (χ0v) is 10.7. The maximum absolute atomic E-state index is 12.3. The molecule has 1 N–H and O–H groups in total. The monoisotopic (exact) mass is 254 g/mol. The van der Waals surface area contributed by atoms with E-state index in [-0.39, 0.29) is 5.91 Å². The molecule has 0 aromatic carbocycles. The molecule has 1 aromatic heterocycles. The molecule has 1 aliphatic heterocycles. The number of quaternary nitrogens is 1. The molecular formula is C12H17ClN3O+. The summed E-state index contributed by atoms with van der Waals surface area (Å²) in [5.41, 5.74) is 0.508. The summed E-state index contributed by atoms with van der Waals surface area (Å²) in [5, 5.41) is 0.294. The standard InChI is InChI=1S/C12H16ClN3O/c1-15-6-3-7-16(9-8-15)12(17)10-4-2-5-14-11(10)13/h2,4-5H,3,6-9H2,1H3/p+1. The van der Waals surface area contributed by atoms with Crippen molar-refractivity contribution in [1.29, 1.82) is 0 Å². The van der Waals surface area contributed by atoms with E-state index in [9.17, 15) is 4.79 Å². The number of nitrogens with zero attached hydrogens (tertiary/aromatic N) is 2. The maximum atomic E-state index is 12.3. The van der Waals surface area contributed by atoms with Crippen molar-refractivity contribution in [2.45, 2.75) is 6.42 Å².